The van der Waals surface area contributed by atoms with Gasteiger partial charge in [-0.15, -0.1) is 0 Å². The van der Waals surface area contributed by atoms with E-state index in [1.54, 1.807) is 13.1 Å². The van der Waals surface area contributed by atoms with Crippen LogP contribution in [0, 0.1) is 11.6 Å². The van der Waals surface area contributed by atoms with Crippen LogP contribution < -0.4 is 5.32 Å². The lowest BCUT2D eigenvalue weighted by Gasteiger charge is -2.15. The van der Waals surface area contributed by atoms with Crippen LogP contribution in [-0.2, 0) is 0 Å². The van der Waals surface area contributed by atoms with Crippen LogP contribution in [-0.4, -0.2) is 12.8 Å². The van der Waals surface area contributed by atoms with Gasteiger partial charge in [-0.25, -0.2) is 8.78 Å². The quantitative estimate of drug-likeness (QED) is 0.739. The van der Waals surface area contributed by atoms with Crippen molar-refractivity contribution >= 4 is 12.6 Å². The second-order valence-electron chi connectivity index (χ2n) is 3.03. The maximum absolute atomic E-state index is 12.9. The number of nitrogens with one attached hydrogen (secondary N) is 1. The molecular weight excluding hydrogens is 204 g/mol. The summed E-state index contributed by atoms with van der Waals surface area (Å²) in [6, 6.07) is 3.99. The highest BCUT2D eigenvalue weighted by Crippen LogP contribution is 2.19. The summed E-state index contributed by atoms with van der Waals surface area (Å²) in [5.41, 5.74) is 0.750. The molecule has 14 heavy (non-hydrogen) atoms. The van der Waals surface area contributed by atoms with Crippen molar-refractivity contribution in [1.29, 1.82) is 0 Å². The lowest BCUT2D eigenvalue weighted by Crippen LogP contribution is -2.17. The first-order chi connectivity index (χ1) is 6.69. The van der Waals surface area contributed by atoms with E-state index in [4.69, 9.17) is 0 Å². The first-order valence-electron chi connectivity index (χ1n) is 4.42. The zero-order valence-corrected chi connectivity index (χ0v) is 8.82. The lowest BCUT2D eigenvalue weighted by molar-refractivity contribution is 0.500. The molecule has 1 atom stereocenters. The summed E-state index contributed by atoms with van der Waals surface area (Å²) in [4.78, 5) is 0. The molecule has 0 aliphatic carbocycles. The molecule has 0 radical (unpaired) electrons. The predicted octanol–water partition coefficient (Wildman–Crippen LogP) is 2.55. The van der Waals surface area contributed by atoms with Crippen LogP contribution >= 0.6 is 12.6 Å². The third kappa shape index (κ3) is 2.69. The number of halogens is 2. The van der Waals surface area contributed by atoms with Gasteiger partial charge < -0.3 is 5.32 Å². The van der Waals surface area contributed by atoms with Gasteiger partial charge in [0.15, 0.2) is 11.6 Å². The van der Waals surface area contributed by atoms with Crippen LogP contribution in [0.25, 0.3) is 0 Å². The van der Waals surface area contributed by atoms with E-state index in [1.807, 2.05) is 0 Å². The molecule has 0 fully saturated rings. The highest BCUT2D eigenvalue weighted by atomic mass is 32.1. The molecule has 1 N–H and O–H groups in total. The van der Waals surface area contributed by atoms with Gasteiger partial charge in [0.05, 0.1) is 0 Å². The van der Waals surface area contributed by atoms with Crippen LogP contribution in [0.4, 0.5) is 8.78 Å². The van der Waals surface area contributed by atoms with Crippen LogP contribution in [0.15, 0.2) is 18.2 Å². The summed E-state index contributed by atoms with van der Waals surface area (Å²) in [5, 5.41) is 3.03. The van der Waals surface area contributed by atoms with Crippen molar-refractivity contribution < 1.29 is 8.78 Å². The van der Waals surface area contributed by atoms with Crippen LogP contribution in [0.3, 0.4) is 0 Å². The summed E-state index contributed by atoms with van der Waals surface area (Å²) in [7, 11) is 1.79. The number of benzene rings is 1. The number of hydrogen-bond donors (Lipinski definition) is 2. The predicted molar refractivity (Wildman–Crippen MR) is 56.6 cm³/mol. The molecule has 78 valence electrons. The Balaban J connectivity index is 2.88. The van der Waals surface area contributed by atoms with E-state index in [1.165, 1.54) is 6.07 Å². The molecule has 0 bridgehead atoms. The smallest absolute Gasteiger partial charge is 0.159 e. The van der Waals surface area contributed by atoms with Crippen molar-refractivity contribution in [2.45, 2.75) is 12.5 Å². The van der Waals surface area contributed by atoms with Crippen LogP contribution in [0.5, 0.6) is 0 Å². The maximum atomic E-state index is 12.9. The second-order valence-corrected chi connectivity index (χ2v) is 3.47. The molecule has 1 aromatic rings. The standard InChI is InChI=1S/C10H13F2NS/c1-13-10(4-5-14)7-2-3-8(11)9(12)6-7/h2-3,6,10,13-14H,4-5H2,1H3. The summed E-state index contributed by atoms with van der Waals surface area (Å²) in [6.45, 7) is 0. The van der Waals surface area contributed by atoms with E-state index in [9.17, 15) is 8.78 Å². The SMILES string of the molecule is CNC(CCS)c1ccc(F)c(F)c1. The molecule has 0 saturated heterocycles. The van der Waals surface area contributed by atoms with E-state index >= 15 is 0 Å². The highest BCUT2D eigenvalue weighted by molar-refractivity contribution is 7.80. The van der Waals surface area contributed by atoms with E-state index in [2.05, 4.69) is 17.9 Å². The molecule has 0 spiro atoms. The molecule has 4 heteroatoms. The van der Waals surface area contributed by atoms with Crippen LogP contribution in [0.2, 0.25) is 0 Å². The van der Waals surface area contributed by atoms with Crippen LogP contribution in [0.1, 0.15) is 18.0 Å². The molecule has 1 aromatic carbocycles. The largest absolute Gasteiger partial charge is 0.313 e. The van der Waals surface area contributed by atoms with Gasteiger partial charge in [-0.1, -0.05) is 6.07 Å². The molecule has 0 heterocycles. The second kappa shape index (κ2) is 5.32. The molecule has 0 amide bonds. The topological polar surface area (TPSA) is 12.0 Å². The minimum Gasteiger partial charge on any atom is -0.313 e. The van der Waals surface area contributed by atoms with Crippen molar-refractivity contribution in [2.75, 3.05) is 12.8 Å². The Morgan fingerprint density at radius 3 is 2.57 bits per heavy atom. The number of hydrogen-bond acceptors (Lipinski definition) is 2. The Morgan fingerprint density at radius 1 is 1.36 bits per heavy atom. The Morgan fingerprint density at radius 2 is 2.07 bits per heavy atom. The highest BCUT2D eigenvalue weighted by Gasteiger charge is 2.10. The van der Waals surface area contributed by atoms with Gasteiger partial charge in [0.1, 0.15) is 0 Å². The lowest BCUT2D eigenvalue weighted by atomic mass is 10.0. The third-order valence-electron chi connectivity index (χ3n) is 2.11. The monoisotopic (exact) mass is 217 g/mol. The van der Waals surface area contributed by atoms with Crippen molar-refractivity contribution in [3.8, 4) is 0 Å². The van der Waals surface area contributed by atoms with E-state index < -0.39 is 11.6 Å². The first kappa shape index (κ1) is 11.5. The van der Waals surface area contributed by atoms with Gasteiger partial charge in [0.25, 0.3) is 0 Å². The Bertz CT molecular complexity index is 304. The fraction of sp³-hybridized carbons (Fsp3) is 0.400. The van der Waals surface area contributed by atoms with E-state index in [-0.39, 0.29) is 6.04 Å². The van der Waals surface area contributed by atoms with Gasteiger partial charge in [0.2, 0.25) is 0 Å². The molecule has 1 nitrogen and oxygen atoms in total. The van der Waals surface area contributed by atoms with Crippen molar-refractivity contribution in [3.05, 3.63) is 35.4 Å². The normalized spacial score (nSPS) is 12.9. The van der Waals surface area contributed by atoms with E-state index in [0.29, 0.717) is 5.75 Å². The molecule has 0 aliphatic heterocycles. The van der Waals surface area contributed by atoms with Gasteiger partial charge in [-0.3, -0.25) is 0 Å². The molecule has 1 rings (SSSR count). The van der Waals surface area contributed by atoms with Crippen molar-refractivity contribution in [3.63, 3.8) is 0 Å². The summed E-state index contributed by atoms with van der Waals surface area (Å²) < 4.78 is 25.5. The van der Waals surface area contributed by atoms with Crippen molar-refractivity contribution in [1.82, 2.24) is 5.32 Å². The molecular formula is C10H13F2NS. The van der Waals surface area contributed by atoms with Gasteiger partial charge >= 0.3 is 0 Å². The average Bonchev–Trinajstić information content (AvgIpc) is 2.19. The van der Waals surface area contributed by atoms with Crippen molar-refractivity contribution in [2.24, 2.45) is 0 Å². The average molecular weight is 217 g/mol. The summed E-state index contributed by atoms with van der Waals surface area (Å²) in [6.07, 6.45) is 0.782. The third-order valence-corrected chi connectivity index (χ3v) is 2.37. The zero-order valence-electron chi connectivity index (χ0n) is 7.93. The van der Waals surface area contributed by atoms with Gasteiger partial charge in [-0.05, 0) is 36.9 Å². The fourth-order valence-electron chi connectivity index (χ4n) is 1.34. The molecule has 0 aliphatic rings. The fourth-order valence-corrected chi connectivity index (χ4v) is 1.59. The van der Waals surface area contributed by atoms with Gasteiger partial charge in [0, 0.05) is 6.04 Å². The van der Waals surface area contributed by atoms with E-state index in [0.717, 1.165) is 18.1 Å². The molecule has 0 aromatic heterocycles. The minimum atomic E-state index is -0.811. The minimum absolute atomic E-state index is 0.0302. The first-order valence-corrected chi connectivity index (χ1v) is 5.05. The molecule has 0 saturated carbocycles. The number of thiol groups is 1. The Kier molecular flexibility index (Phi) is 4.35. The Hall–Kier alpha value is -0.610. The molecule has 1 unspecified atom stereocenters. The summed E-state index contributed by atoms with van der Waals surface area (Å²) >= 11 is 4.10. The maximum Gasteiger partial charge on any atom is 0.159 e. The van der Waals surface area contributed by atoms with Gasteiger partial charge in [-0.2, -0.15) is 12.6 Å². The zero-order chi connectivity index (χ0) is 10.6. The summed E-state index contributed by atoms with van der Waals surface area (Å²) in [5.74, 6) is -0.916. The Labute approximate surface area is 87.9 Å². The number of rotatable bonds is 4.